The second kappa shape index (κ2) is 7.48. The number of fused-ring (bicyclic) bond motifs is 1. The van der Waals surface area contributed by atoms with Gasteiger partial charge in [0.15, 0.2) is 4.90 Å². The van der Waals surface area contributed by atoms with E-state index in [1.807, 2.05) is 18.2 Å². The highest BCUT2D eigenvalue weighted by Gasteiger charge is 2.35. The molecule has 3 rings (SSSR count). The monoisotopic (exact) mass is 368 g/mol. The minimum Gasteiger partial charge on any atom is -0.611 e. The third kappa shape index (κ3) is 3.90. The lowest BCUT2D eigenvalue weighted by Gasteiger charge is -2.32. The molecule has 0 saturated heterocycles. The summed E-state index contributed by atoms with van der Waals surface area (Å²) in [5.41, 5.74) is 2.55. The van der Waals surface area contributed by atoms with Crippen molar-refractivity contribution < 1.29 is 14.1 Å². The van der Waals surface area contributed by atoms with Gasteiger partial charge in [-0.05, 0) is 41.7 Å². The van der Waals surface area contributed by atoms with E-state index in [-0.39, 0.29) is 17.8 Å². The van der Waals surface area contributed by atoms with Crippen LogP contribution in [0.2, 0.25) is 0 Å². The smallest absolute Gasteiger partial charge is 0.376 e. The van der Waals surface area contributed by atoms with Crippen molar-refractivity contribution in [3.8, 4) is 11.8 Å². The number of hydrogen-bond acceptors (Lipinski definition) is 5. The van der Waals surface area contributed by atoms with Gasteiger partial charge in [0.25, 0.3) is 0 Å². The molecule has 1 aromatic heterocycles. The Morgan fingerprint density at radius 2 is 1.96 bits per heavy atom. The van der Waals surface area contributed by atoms with Crippen molar-refractivity contribution in [3.63, 3.8) is 0 Å². The van der Waals surface area contributed by atoms with Crippen molar-refractivity contribution >= 4 is 17.1 Å². The molecule has 1 atom stereocenters. The van der Waals surface area contributed by atoms with Gasteiger partial charge in [-0.25, -0.2) is 14.8 Å². The fourth-order valence-corrected chi connectivity index (χ4v) is 4.48. The SMILES string of the molecule is CCOC(=O)c1ncc(C#Cc2ccc3c(c2)C(C)(C)CC[S+]3[O-])cn1. The van der Waals surface area contributed by atoms with Crippen molar-refractivity contribution in [2.75, 3.05) is 12.4 Å². The van der Waals surface area contributed by atoms with Crippen LogP contribution in [0.25, 0.3) is 0 Å². The van der Waals surface area contributed by atoms with Crippen LogP contribution in [0.5, 0.6) is 0 Å². The molecule has 0 spiro atoms. The first-order valence-electron chi connectivity index (χ1n) is 8.45. The van der Waals surface area contributed by atoms with Gasteiger partial charge in [0.05, 0.1) is 12.2 Å². The van der Waals surface area contributed by atoms with Crippen LogP contribution < -0.4 is 0 Å². The van der Waals surface area contributed by atoms with Crippen LogP contribution in [0.4, 0.5) is 0 Å². The van der Waals surface area contributed by atoms with Gasteiger partial charge in [-0.2, -0.15) is 0 Å². The Labute approximate surface area is 156 Å². The van der Waals surface area contributed by atoms with Gasteiger partial charge in [0.2, 0.25) is 5.82 Å². The molecule has 2 aromatic rings. The van der Waals surface area contributed by atoms with E-state index in [1.54, 1.807) is 6.92 Å². The summed E-state index contributed by atoms with van der Waals surface area (Å²) in [4.78, 5) is 20.4. The number of nitrogens with zero attached hydrogens (tertiary/aromatic N) is 2. The molecule has 0 fully saturated rings. The predicted molar refractivity (Wildman–Crippen MR) is 99.3 cm³/mol. The standard InChI is InChI=1S/C20H20N2O3S/c1-4-25-19(23)18-21-12-15(13-22-18)6-5-14-7-8-17-16(11-14)20(2,3)9-10-26(17)24/h7-8,11-13H,4,9-10H2,1-3H3. The average Bonchev–Trinajstić information content (AvgIpc) is 2.64. The molecule has 1 aromatic carbocycles. The maximum Gasteiger partial charge on any atom is 0.376 e. The zero-order valence-electron chi connectivity index (χ0n) is 15.0. The molecule has 5 nitrogen and oxygen atoms in total. The van der Waals surface area contributed by atoms with E-state index >= 15 is 0 Å². The van der Waals surface area contributed by atoms with Crippen molar-refractivity contribution in [2.45, 2.75) is 37.5 Å². The van der Waals surface area contributed by atoms with Gasteiger partial charge in [0, 0.05) is 29.9 Å². The summed E-state index contributed by atoms with van der Waals surface area (Å²) in [5, 5.41) is 0. The Hall–Kier alpha value is -2.36. The van der Waals surface area contributed by atoms with E-state index < -0.39 is 17.1 Å². The highest BCUT2D eigenvalue weighted by molar-refractivity contribution is 7.91. The Morgan fingerprint density at radius 1 is 1.27 bits per heavy atom. The molecule has 0 saturated carbocycles. The van der Waals surface area contributed by atoms with E-state index in [0.29, 0.717) is 11.3 Å². The first-order chi connectivity index (χ1) is 12.4. The molecule has 0 amide bonds. The van der Waals surface area contributed by atoms with E-state index in [9.17, 15) is 9.35 Å². The second-order valence-electron chi connectivity index (χ2n) is 6.66. The number of carbonyl (C=O) groups is 1. The van der Waals surface area contributed by atoms with Crippen molar-refractivity contribution in [1.82, 2.24) is 9.97 Å². The second-order valence-corrected chi connectivity index (χ2v) is 8.20. The summed E-state index contributed by atoms with van der Waals surface area (Å²) in [6.07, 6.45) is 3.90. The van der Waals surface area contributed by atoms with Crippen molar-refractivity contribution in [2.24, 2.45) is 0 Å². The van der Waals surface area contributed by atoms with Gasteiger partial charge in [-0.1, -0.05) is 25.7 Å². The lowest BCUT2D eigenvalue weighted by Crippen LogP contribution is -2.30. The topological polar surface area (TPSA) is 75.1 Å². The third-order valence-corrected chi connectivity index (χ3v) is 5.75. The lowest BCUT2D eigenvalue weighted by atomic mass is 9.81. The van der Waals surface area contributed by atoms with Gasteiger partial charge >= 0.3 is 5.97 Å². The summed E-state index contributed by atoms with van der Waals surface area (Å²) in [6, 6.07) is 5.82. The van der Waals surface area contributed by atoms with Crippen molar-refractivity contribution in [1.29, 1.82) is 0 Å². The van der Waals surface area contributed by atoms with E-state index in [4.69, 9.17) is 4.74 Å². The molecule has 1 unspecified atom stereocenters. The molecule has 134 valence electrons. The summed E-state index contributed by atoms with van der Waals surface area (Å²) < 4.78 is 17.1. The van der Waals surface area contributed by atoms with E-state index in [0.717, 1.165) is 22.4 Å². The maximum atomic E-state index is 12.2. The largest absolute Gasteiger partial charge is 0.611 e. The predicted octanol–water partition coefficient (Wildman–Crippen LogP) is 2.84. The number of hydrogen-bond donors (Lipinski definition) is 0. The Kier molecular flexibility index (Phi) is 5.30. The van der Waals surface area contributed by atoms with Crippen molar-refractivity contribution in [3.05, 3.63) is 53.1 Å². The number of ether oxygens (including phenoxy) is 1. The minimum atomic E-state index is -0.931. The first kappa shape index (κ1) is 18.4. The molecular formula is C20H20N2O3S. The minimum absolute atomic E-state index is 0.00860. The highest BCUT2D eigenvalue weighted by Crippen LogP contribution is 2.38. The summed E-state index contributed by atoms with van der Waals surface area (Å²) in [6.45, 7) is 6.35. The normalized spacial score (nSPS) is 17.6. The molecule has 0 N–H and O–H groups in total. The Bertz CT molecular complexity index is 882. The third-order valence-electron chi connectivity index (χ3n) is 4.33. The number of rotatable bonds is 2. The van der Waals surface area contributed by atoms with Gasteiger partial charge < -0.3 is 9.29 Å². The van der Waals surface area contributed by atoms with Crippen LogP contribution in [0.1, 0.15) is 54.5 Å². The van der Waals surface area contributed by atoms with Gasteiger partial charge in [0.1, 0.15) is 5.75 Å². The van der Waals surface area contributed by atoms with Gasteiger partial charge in [-0.3, -0.25) is 0 Å². The molecule has 0 radical (unpaired) electrons. The molecule has 6 heteroatoms. The van der Waals surface area contributed by atoms with E-state index in [1.165, 1.54) is 12.4 Å². The maximum absolute atomic E-state index is 12.2. The zero-order valence-corrected chi connectivity index (χ0v) is 15.9. The van der Waals surface area contributed by atoms with Crippen LogP contribution in [-0.4, -0.2) is 32.8 Å². The number of benzene rings is 1. The van der Waals surface area contributed by atoms with Crippen LogP contribution in [0, 0.1) is 11.8 Å². The molecule has 0 bridgehead atoms. The number of aromatic nitrogens is 2. The zero-order chi connectivity index (χ0) is 18.7. The molecular weight excluding hydrogens is 348 g/mol. The molecule has 1 aliphatic rings. The van der Waals surface area contributed by atoms with Crippen LogP contribution >= 0.6 is 0 Å². The molecule has 0 aliphatic carbocycles. The number of carbonyl (C=O) groups excluding carboxylic acids is 1. The molecule has 2 heterocycles. The summed E-state index contributed by atoms with van der Waals surface area (Å²) in [7, 11) is 0. The van der Waals surface area contributed by atoms with Gasteiger partial charge in [-0.15, -0.1) is 0 Å². The quantitative estimate of drug-likeness (QED) is 0.463. The Morgan fingerprint density at radius 3 is 2.65 bits per heavy atom. The average molecular weight is 368 g/mol. The van der Waals surface area contributed by atoms with E-state index in [2.05, 4.69) is 35.7 Å². The molecule has 26 heavy (non-hydrogen) atoms. The van der Waals surface area contributed by atoms with Crippen LogP contribution in [0.3, 0.4) is 0 Å². The summed E-state index contributed by atoms with van der Waals surface area (Å²) >= 11 is -0.931. The number of esters is 1. The Balaban J connectivity index is 1.84. The summed E-state index contributed by atoms with van der Waals surface area (Å²) in [5.74, 6) is 6.28. The fraction of sp³-hybridized carbons (Fsp3) is 0.350. The molecule has 1 aliphatic heterocycles. The highest BCUT2D eigenvalue weighted by atomic mass is 32.2. The lowest BCUT2D eigenvalue weighted by molar-refractivity contribution is 0.0512. The van der Waals surface area contributed by atoms with Crippen LogP contribution in [-0.2, 0) is 21.3 Å². The fourth-order valence-electron chi connectivity index (χ4n) is 2.77. The first-order valence-corrected chi connectivity index (χ1v) is 9.76. The van der Waals surface area contributed by atoms with Crippen LogP contribution in [0.15, 0.2) is 35.5 Å².